The van der Waals surface area contributed by atoms with Crippen LogP contribution >= 0.6 is 0 Å². The first-order chi connectivity index (χ1) is 9.26. The van der Waals surface area contributed by atoms with E-state index >= 15 is 0 Å². The van der Waals surface area contributed by atoms with E-state index in [9.17, 15) is 4.79 Å². The number of amides is 1. The molecule has 6 heteroatoms. The zero-order valence-electron chi connectivity index (χ0n) is 10.9. The van der Waals surface area contributed by atoms with Gasteiger partial charge in [-0.15, -0.1) is 0 Å². The van der Waals surface area contributed by atoms with E-state index in [1.54, 1.807) is 24.0 Å². The fourth-order valence-corrected chi connectivity index (χ4v) is 1.97. The van der Waals surface area contributed by atoms with Crippen molar-refractivity contribution in [3.8, 4) is 0 Å². The monoisotopic (exact) mass is 262 g/mol. The maximum Gasteiger partial charge on any atom is 0.255 e. The van der Waals surface area contributed by atoms with Gasteiger partial charge in [-0.2, -0.15) is 5.10 Å². The van der Waals surface area contributed by atoms with Crippen LogP contribution in [-0.2, 0) is 4.74 Å². The maximum absolute atomic E-state index is 12.2. The first-order valence-electron chi connectivity index (χ1n) is 6.18. The predicted molar refractivity (Wildman–Crippen MR) is 72.0 cm³/mol. The number of aromatic nitrogens is 2. The average molecular weight is 262 g/mol. The molecule has 0 aliphatic carbocycles. The molecule has 102 valence electrons. The summed E-state index contributed by atoms with van der Waals surface area (Å²) in [5.41, 5.74) is 6.86. The zero-order chi connectivity index (χ0) is 13.7. The molecule has 0 saturated carbocycles. The Morgan fingerprint density at radius 3 is 3.16 bits per heavy atom. The summed E-state index contributed by atoms with van der Waals surface area (Å²) < 4.78 is 6.74. The third kappa shape index (κ3) is 3.10. The van der Waals surface area contributed by atoms with E-state index in [1.165, 1.54) is 0 Å². The molecule has 1 unspecified atom stereocenters. The second-order valence-electron chi connectivity index (χ2n) is 4.29. The van der Waals surface area contributed by atoms with Crippen LogP contribution in [0, 0.1) is 0 Å². The standard InChI is InChI=1S/C13H18N4O2/c1-19-9-10(5-6-14)16-13(18)11-8-15-17-7-3-2-4-12(11)17/h2-4,7-8,10H,5-6,9,14H2,1H3,(H,16,18). The van der Waals surface area contributed by atoms with Gasteiger partial charge in [0.05, 0.1) is 29.9 Å². The van der Waals surface area contributed by atoms with Gasteiger partial charge >= 0.3 is 0 Å². The fourth-order valence-electron chi connectivity index (χ4n) is 1.97. The smallest absolute Gasteiger partial charge is 0.255 e. The van der Waals surface area contributed by atoms with Crippen molar-refractivity contribution >= 4 is 11.4 Å². The summed E-state index contributed by atoms with van der Waals surface area (Å²) in [7, 11) is 1.60. The molecule has 0 aliphatic rings. The Balaban J connectivity index is 2.14. The van der Waals surface area contributed by atoms with Gasteiger partial charge in [0.1, 0.15) is 0 Å². The zero-order valence-corrected chi connectivity index (χ0v) is 10.9. The van der Waals surface area contributed by atoms with Gasteiger partial charge in [-0.1, -0.05) is 6.07 Å². The average Bonchev–Trinajstić information content (AvgIpc) is 2.83. The number of ether oxygens (including phenoxy) is 1. The highest BCUT2D eigenvalue weighted by Crippen LogP contribution is 2.10. The van der Waals surface area contributed by atoms with Gasteiger partial charge in [0, 0.05) is 13.3 Å². The van der Waals surface area contributed by atoms with Gasteiger partial charge in [-0.05, 0) is 25.1 Å². The highest BCUT2D eigenvalue weighted by atomic mass is 16.5. The number of nitrogens with one attached hydrogen (secondary N) is 1. The molecule has 2 heterocycles. The molecule has 2 aromatic heterocycles. The minimum Gasteiger partial charge on any atom is -0.383 e. The SMILES string of the molecule is COCC(CCN)NC(=O)c1cnn2ccccc12. The van der Waals surface area contributed by atoms with Crippen LogP contribution in [0.5, 0.6) is 0 Å². The highest BCUT2D eigenvalue weighted by Gasteiger charge is 2.16. The lowest BCUT2D eigenvalue weighted by atomic mass is 10.2. The van der Waals surface area contributed by atoms with Crippen LogP contribution in [0.4, 0.5) is 0 Å². The van der Waals surface area contributed by atoms with E-state index in [1.807, 2.05) is 18.2 Å². The van der Waals surface area contributed by atoms with E-state index in [4.69, 9.17) is 10.5 Å². The number of hydrogen-bond acceptors (Lipinski definition) is 4. The van der Waals surface area contributed by atoms with Crippen molar-refractivity contribution in [1.29, 1.82) is 0 Å². The summed E-state index contributed by atoms with van der Waals surface area (Å²) >= 11 is 0. The molecule has 0 saturated heterocycles. The van der Waals surface area contributed by atoms with Gasteiger partial charge < -0.3 is 15.8 Å². The first kappa shape index (κ1) is 13.5. The largest absolute Gasteiger partial charge is 0.383 e. The minimum atomic E-state index is -0.156. The van der Waals surface area contributed by atoms with Gasteiger partial charge in [0.25, 0.3) is 5.91 Å². The van der Waals surface area contributed by atoms with Crippen molar-refractivity contribution in [3.05, 3.63) is 36.2 Å². The van der Waals surface area contributed by atoms with Crippen LogP contribution in [0.2, 0.25) is 0 Å². The second-order valence-corrected chi connectivity index (χ2v) is 4.29. The number of carbonyl (C=O) groups is 1. The van der Waals surface area contributed by atoms with Crippen LogP contribution in [-0.4, -0.2) is 41.8 Å². The number of nitrogens with two attached hydrogens (primary N) is 1. The van der Waals surface area contributed by atoms with Crippen molar-refractivity contribution in [2.75, 3.05) is 20.3 Å². The Hall–Kier alpha value is -1.92. The number of pyridine rings is 1. The molecule has 19 heavy (non-hydrogen) atoms. The number of methoxy groups -OCH3 is 1. The second kappa shape index (κ2) is 6.31. The lowest BCUT2D eigenvalue weighted by Gasteiger charge is -2.16. The van der Waals surface area contributed by atoms with Crippen molar-refractivity contribution < 1.29 is 9.53 Å². The van der Waals surface area contributed by atoms with Crippen LogP contribution in [0.1, 0.15) is 16.8 Å². The molecule has 0 radical (unpaired) electrons. The normalized spacial score (nSPS) is 12.5. The number of rotatable bonds is 6. The lowest BCUT2D eigenvalue weighted by molar-refractivity contribution is 0.0895. The molecule has 2 aromatic rings. The summed E-state index contributed by atoms with van der Waals surface area (Å²) in [5, 5.41) is 7.06. The van der Waals surface area contributed by atoms with Gasteiger partial charge in [0.2, 0.25) is 0 Å². The van der Waals surface area contributed by atoms with Gasteiger partial charge in [-0.25, -0.2) is 4.52 Å². The van der Waals surface area contributed by atoms with Crippen molar-refractivity contribution in [2.45, 2.75) is 12.5 Å². The molecule has 6 nitrogen and oxygen atoms in total. The molecule has 2 rings (SSSR count). The maximum atomic E-state index is 12.2. The highest BCUT2D eigenvalue weighted by molar-refractivity contribution is 6.00. The van der Waals surface area contributed by atoms with Crippen LogP contribution in [0.15, 0.2) is 30.6 Å². The van der Waals surface area contributed by atoms with E-state index in [0.717, 1.165) is 5.52 Å². The van der Waals surface area contributed by atoms with E-state index in [2.05, 4.69) is 10.4 Å². The molecule has 0 fully saturated rings. The van der Waals surface area contributed by atoms with Crippen LogP contribution < -0.4 is 11.1 Å². The van der Waals surface area contributed by atoms with Crippen LogP contribution in [0.3, 0.4) is 0 Å². The molecule has 1 atom stereocenters. The Morgan fingerprint density at radius 2 is 2.42 bits per heavy atom. The molecular weight excluding hydrogens is 244 g/mol. The molecular formula is C13H18N4O2. The quantitative estimate of drug-likeness (QED) is 0.791. The summed E-state index contributed by atoms with van der Waals surface area (Å²) in [6, 6.07) is 5.52. The van der Waals surface area contributed by atoms with E-state index in [0.29, 0.717) is 25.1 Å². The molecule has 0 aromatic carbocycles. The molecule has 1 amide bonds. The summed E-state index contributed by atoms with van der Waals surface area (Å²) in [6.45, 7) is 0.950. The topological polar surface area (TPSA) is 81.6 Å². The van der Waals surface area contributed by atoms with Crippen LogP contribution in [0.25, 0.3) is 5.52 Å². The Labute approximate surface area is 111 Å². The number of nitrogens with zero attached hydrogens (tertiary/aromatic N) is 2. The molecule has 0 spiro atoms. The molecule has 0 aliphatic heterocycles. The molecule has 0 bridgehead atoms. The fraction of sp³-hybridized carbons (Fsp3) is 0.385. The van der Waals surface area contributed by atoms with Crippen molar-refractivity contribution in [1.82, 2.24) is 14.9 Å². The third-order valence-electron chi connectivity index (χ3n) is 2.89. The third-order valence-corrected chi connectivity index (χ3v) is 2.89. The lowest BCUT2D eigenvalue weighted by Crippen LogP contribution is -2.39. The van der Waals surface area contributed by atoms with Gasteiger partial charge in [0.15, 0.2) is 0 Å². The number of hydrogen-bond donors (Lipinski definition) is 2. The Morgan fingerprint density at radius 1 is 1.58 bits per heavy atom. The number of fused-ring (bicyclic) bond motifs is 1. The minimum absolute atomic E-state index is 0.0823. The Kier molecular flexibility index (Phi) is 4.48. The summed E-state index contributed by atoms with van der Waals surface area (Å²) in [6.07, 6.45) is 4.05. The molecule has 3 N–H and O–H groups in total. The van der Waals surface area contributed by atoms with E-state index in [-0.39, 0.29) is 11.9 Å². The first-order valence-corrected chi connectivity index (χ1v) is 6.18. The predicted octanol–water partition coefficient (Wildman–Crippen LogP) is 0.428. The van der Waals surface area contributed by atoms with E-state index < -0.39 is 0 Å². The van der Waals surface area contributed by atoms with Crippen molar-refractivity contribution in [3.63, 3.8) is 0 Å². The van der Waals surface area contributed by atoms with Gasteiger partial charge in [-0.3, -0.25) is 4.79 Å². The summed E-state index contributed by atoms with van der Waals surface area (Å²) in [5.74, 6) is -0.156. The van der Waals surface area contributed by atoms with Crippen molar-refractivity contribution in [2.24, 2.45) is 5.73 Å². The number of carbonyl (C=O) groups excluding carboxylic acids is 1. The Bertz CT molecular complexity index is 546. The summed E-state index contributed by atoms with van der Waals surface area (Å²) in [4.78, 5) is 12.2.